The van der Waals surface area contributed by atoms with E-state index in [1.54, 1.807) is 0 Å². The lowest BCUT2D eigenvalue weighted by Crippen LogP contribution is -2.30. The Labute approximate surface area is 212 Å². The van der Waals surface area contributed by atoms with Crippen molar-refractivity contribution in [3.05, 3.63) is 91.1 Å². The van der Waals surface area contributed by atoms with E-state index in [9.17, 15) is 4.79 Å². The summed E-state index contributed by atoms with van der Waals surface area (Å²) in [6.45, 7) is 5.91. The number of anilines is 3. The second-order valence-corrected chi connectivity index (χ2v) is 9.48. The van der Waals surface area contributed by atoms with Crippen molar-refractivity contribution >= 4 is 34.1 Å². The van der Waals surface area contributed by atoms with Crippen molar-refractivity contribution in [2.75, 3.05) is 30.8 Å². The molecule has 1 saturated heterocycles. The van der Waals surface area contributed by atoms with Crippen LogP contribution in [0.2, 0.25) is 0 Å². The average Bonchev–Trinajstić information content (AvgIpc) is 2.91. The number of carbonyl (C=O) groups excluding carboxylic acids is 1. The van der Waals surface area contributed by atoms with Gasteiger partial charge >= 0.3 is 0 Å². The molecule has 2 N–H and O–H groups in total. The van der Waals surface area contributed by atoms with E-state index in [1.807, 2.05) is 48.7 Å². The highest BCUT2D eigenvalue weighted by molar-refractivity contribution is 6.00. The van der Waals surface area contributed by atoms with Gasteiger partial charge in [-0.2, -0.15) is 0 Å². The molecule has 4 aromatic rings. The fourth-order valence-electron chi connectivity index (χ4n) is 4.76. The summed E-state index contributed by atoms with van der Waals surface area (Å²) in [5.41, 5.74) is 5.84. The lowest BCUT2D eigenvalue weighted by Gasteiger charge is -2.28. The quantitative estimate of drug-likeness (QED) is 0.317. The molecule has 0 aliphatic carbocycles. The van der Waals surface area contributed by atoms with Gasteiger partial charge in [0.1, 0.15) is 0 Å². The van der Waals surface area contributed by atoms with Gasteiger partial charge in [0.25, 0.3) is 0 Å². The van der Waals surface area contributed by atoms with Crippen LogP contribution in [0.15, 0.2) is 85.6 Å². The molecule has 0 atom stereocenters. The third kappa shape index (κ3) is 5.61. The summed E-state index contributed by atoms with van der Waals surface area (Å²) in [5.74, 6) is 1.08. The molecular formula is C30H31N5O. The molecule has 5 rings (SSSR count). The van der Waals surface area contributed by atoms with Gasteiger partial charge in [-0.15, -0.1) is 0 Å². The van der Waals surface area contributed by atoms with Crippen molar-refractivity contribution in [3.63, 3.8) is 0 Å². The molecule has 1 aliphatic heterocycles. The van der Waals surface area contributed by atoms with E-state index in [0.717, 1.165) is 40.1 Å². The number of rotatable bonds is 7. The highest BCUT2D eigenvalue weighted by Gasteiger charge is 2.17. The van der Waals surface area contributed by atoms with Crippen LogP contribution in [0, 0.1) is 5.92 Å². The van der Waals surface area contributed by atoms with Crippen molar-refractivity contribution in [1.82, 2.24) is 14.9 Å². The molecule has 3 aromatic carbocycles. The number of benzene rings is 3. The first-order chi connectivity index (χ1) is 17.6. The van der Waals surface area contributed by atoms with Crippen LogP contribution >= 0.6 is 0 Å². The fraction of sp³-hybridized carbons (Fsp3) is 0.233. The van der Waals surface area contributed by atoms with Gasteiger partial charge in [-0.05, 0) is 86.8 Å². The topological polar surface area (TPSA) is 70.2 Å². The van der Waals surface area contributed by atoms with Gasteiger partial charge < -0.3 is 15.5 Å². The zero-order valence-electron chi connectivity index (χ0n) is 20.6. The Morgan fingerprint density at radius 1 is 1.06 bits per heavy atom. The van der Waals surface area contributed by atoms with Crippen LogP contribution in [0.1, 0.15) is 18.4 Å². The minimum Gasteiger partial charge on any atom is -0.324 e. The van der Waals surface area contributed by atoms with Crippen LogP contribution in [0.4, 0.5) is 17.3 Å². The van der Waals surface area contributed by atoms with Gasteiger partial charge in [0.15, 0.2) is 0 Å². The maximum absolute atomic E-state index is 11.7. The summed E-state index contributed by atoms with van der Waals surface area (Å²) in [6.07, 6.45) is 6.78. The Morgan fingerprint density at radius 2 is 1.83 bits per heavy atom. The van der Waals surface area contributed by atoms with Gasteiger partial charge in [-0.25, -0.2) is 9.97 Å². The summed E-state index contributed by atoms with van der Waals surface area (Å²) >= 11 is 0. The smallest absolute Gasteiger partial charge is 0.247 e. The molecule has 0 unspecified atom stereocenters. The summed E-state index contributed by atoms with van der Waals surface area (Å²) < 4.78 is 0. The Hall–Kier alpha value is -4.03. The van der Waals surface area contributed by atoms with E-state index in [1.165, 1.54) is 37.6 Å². The number of hydrogen-bond donors (Lipinski definition) is 2. The lowest BCUT2D eigenvalue weighted by atomic mass is 9.90. The van der Waals surface area contributed by atoms with Crippen molar-refractivity contribution in [2.24, 2.45) is 5.92 Å². The van der Waals surface area contributed by atoms with Crippen LogP contribution in [0.3, 0.4) is 0 Å². The van der Waals surface area contributed by atoms with E-state index in [2.05, 4.69) is 58.4 Å². The van der Waals surface area contributed by atoms with Crippen LogP contribution in [-0.4, -0.2) is 40.9 Å². The molecule has 2 heterocycles. The van der Waals surface area contributed by atoms with Gasteiger partial charge in [-0.3, -0.25) is 4.79 Å². The number of nitrogens with one attached hydrogen (secondary N) is 2. The molecule has 36 heavy (non-hydrogen) atoms. The van der Waals surface area contributed by atoms with Crippen LogP contribution in [-0.2, 0) is 11.2 Å². The molecule has 1 aromatic heterocycles. The fourth-order valence-corrected chi connectivity index (χ4v) is 4.76. The van der Waals surface area contributed by atoms with Crippen molar-refractivity contribution in [2.45, 2.75) is 19.3 Å². The van der Waals surface area contributed by atoms with Crippen LogP contribution < -0.4 is 10.6 Å². The maximum Gasteiger partial charge on any atom is 0.247 e. The normalized spacial score (nSPS) is 14.5. The first-order valence-corrected chi connectivity index (χ1v) is 12.4. The monoisotopic (exact) mass is 477 g/mol. The molecule has 182 valence electrons. The predicted molar refractivity (Wildman–Crippen MR) is 147 cm³/mol. The number of aromatic nitrogens is 2. The zero-order chi connectivity index (χ0) is 24.9. The molecule has 6 heteroatoms. The minimum absolute atomic E-state index is 0.240. The van der Waals surface area contributed by atoms with Crippen molar-refractivity contribution < 1.29 is 4.79 Å². The van der Waals surface area contributed by atoms with Gasteiger partial charge in [-0.1, -0.05) is 49.0 Å². The standard InChI is InChI=1S/C30H31N5O/c1-3-28(36)32-26-8-4-6-23(19-26)27-9-5-7-24-20-31-30(34-29(24)27)33-25-12-10-21(11-13-25)18-22-14-16-35(2)17-15-22/h3-13,19-20,22H,1,14-18H2,2H3,(H,32,36)(H,31,33,34). The third-order valence-electron chi connectivity index (χ3n) is 6.81. The summed E-state index contributed by atoms with van der Waals surface area (Å²) in [5, 5.41) is 7.13. The van der Waals surface area contributed by atoms with Crippen LogP contribution in [0.25, 0.3) is 22.0 Å². The first-order valence-electron chi connectivity index (χ1n) is 12.4. The second-order valence-electron chi connectivity index (χ2n) is 9.48. The van der Waals surface area contributed by atoms with Gasteiger partial charge in [0.05, 0.1) is 5.52 Å². The summed E-state index contributed by atoms with van der Waals surface area (Å²) in [4.78, 5) is 23.5. The number of amides is 1. The van der Waals surface area contributed by atoms with Crippen LogP contribution in [0.5, 0.6) is 0 Å². The van der Waals surface area contributed by atoms with E-state index >= 15 is 0 Å². The maximum atomic E-state index is 11.7. The molecule has 6 nitrogen and oxygen atoms in total. The third-order valence-corrected chi connectivity index (χ3v) is 6.81. The number of piperidine rings is 1. The van der Waals surface area contributed by atoms with Crippen molar-refractivity contribution in [1.29, 1.82) is 0 Å². The Bertz CT molecular complexity index is 1370. The van der Waals surface area contributed by atoms with Crippen molar-refractivity contribution in [3.8, 4) is 11.1 Å². The number of nitrogens with zero attached hydrogens (tertiary/aromatic N) is 3. The van der Waals surface area contributed by atoms with Gasteiger partial charge in [0.2, 0.25) is 11.9 Å². The molecule has 0 saturated carbocycles. The zero-order valence-corrected chi connectivity index (χ0v) is 20.6. The Balaban J connectivity index is 1.35. The largest absolute Gasteiger partial charge is 0.324 e. The number of hydrogen-bond acceptors (Lipinski definition) is 5. The minimum atomic E-state index is -0.240. The molecule has 0 spiro atoms. The average molecular weight is 478 g/mol. The lowest BCUT2D eigenvalue weighted by molar-refractivity contribution is -0.111. The molecular weight excluding hydrogens is 446 g/mol. The highest BCUT2D eigenvalue weighted by Crippen LogP contribution is 2.30. The SMILES string of the molecule is C=CC(=O)Nc1cccc(-c2cccc3cnc(Nc4ccc(CC5CCN(C)CC5)cc4)nc23)c1. The number of fused-ring (bicyclic) bond motifs is 1. The van der Waals surface area contributed by atoms with E-state index in [0.29, 0.717) is 11.6 Å². The molecule has 0 bridgehead atoms. The molecule has 1 aliphatic rings. The second kappa shape index (κ2) is 10.7. The molecule has 1 fully saturated rings. The van der Waals surface area contributed by atoms with E-state index in [-0.39, 0.29) is 5.91 Å². The molecule has 0 radical (unpaired) electrons. The number of para-hydroxylation sites is 1. The van der Waals surface area contributed by atoms with E-state index in [4.69, 9.17) is 4.98 Å². The predicted octanol–water partition coefficient (Wildman–Crippen LogP) is 6.05. The summed E-state index contributed by atoms with van der Waals surface area (Å²) in [6, 6.07) is 22.4. The number of carbonyl (C=O) groups is 1. The number of likely N-dealkylation sites (tertiary alicyclic amines) is 1. The Morgan fingerprint density at radius 3 is 2.61 bits per heavy atom. The first kappa shape index (κ1) is 23.7. The highest BCUT2D eigenvalue weighted by atomic mass is 16.1. The van der Waals surface area contributed by atoms with E-state index < -0.39 is 0 Å². The molecule has 1 amide bonds. The van der Waals surface area contributed by atoms with Gasteiger partial charge in [0, 0.05) is 28.5 Å². The summed E-state index contributed by atoms with van der Waals surface area (Å²) in [7, 11) is 2.20. The Kier molecular flexibility index (Phi) is 7.05.